The molecule has 3 N–H and O–H groups in total. The topological polar surface area (TPSA) is 38.0 Å². The van der Waals surface area contributed by atoms with E-state index in [2.05, 4.69) is 16.9 Å². The maximum Gasteiger partial charge on any atom is 0.129 e. The van der Waals surface area contributed by atoms with Crippen LogP contribution >= 0.6 is 22.9 Å². The summed E-state index contributed by atoms with van der Waals surface area (Å²) >= 11 is 7.49. The fourth-order valence-electron chi connectivity index (χ4n) is 2.05. The van der Waals surface area contributed by atoms with E-state index in [4.69, 9.17) is 17.4 Å². The van der Waals surface area contributed by atoms with E-state index in [1.54, 1.807) is 23.5 Å². The molecular formula is C14H16ClFN2S. The Kier molecular flexibility index (Phi) is 5.34. The van der Waals surface area contributed by atoms with Gasteiger partial charge in [-0.25, -0.2) is 4.39 Å². The summed E-state index contributed by atoms with van der Waals surface area (Å²) in [5.74, 6) is 5.21. The van der Waals surface area contributed by atoms with Crippen molar-refractivity contribution < 1.29 is 4.39 Å². The molecule has 0 saturated heterocycles. The van der Waals surface area contributed by atoms with Crippen molar-refractivity contribution in [3.05, 3.63) is 57.0 Å². The first-order valence-electron chi connectivity index (χ1n) is 6.14. The van der Waals surface area contributed by atoms with Gasteiger partial charge in [0.1, 0.15) is 5.82 Å². The number of hydrogen-bond acceptors (Lipinski definition) is 3. The van der Waals surface area contributed by atoms with Crippen molar-refractivity contribution in [2.75, 3.05) is 0 Å². The second kappa shape index (κ2) is 7.01. The number of nitrogens with two attached hydrogens (primary N) is 1. The monoisotopic (exact) mass is 298 g/mol. The predicted molar refractivity (Wildman–Crippen MR) is 78.7 cm³/mol. The molecular weight excluding hydrogens is 283 g/mol. The van der Waals surface area contributed by atoms with Gasteiger partial charge in [0.2, 0.25) is 0 Å². The number of aryl methyl sites for hydroxylation is 1. The van der Waals surface area contributed by atoms with Gasteiger partial charge in [0.25, 0.3) is 0 Å². The van der Waals surface area contributed by atoms with Crippen LogP contribution in [0.4, 0.5) is 4.39 Å². The number of benzene rings is 1. The average molecular weight is 299 g/mol. The van der Waals surface area contributed by atoms with E-state index in [1.807, 2.05) is 6.07 Å². The van der Waals surface area contributed by atoms with Crippen LogP contribution in [0.1, 0.15) is 29.3 Å². The summed E-state index contributed by atoms with van der Waals surface area (Å²) in [5, 5.41) is 2.46. The number of thiophene rings is 1. The van der Waals surface area contributed by atoms with Crippen LogP contribution in [-0.4, -0.2) is 0 Å². The van der Waals surface area contributed by atoms with E-state index in [-0.39, 0.29) is 11.9 Å². The summed E-state index contributed by atoms with van der Waals surface area (Å²) in [6.45, 7) is 0. The highest BCUT2D eigenvalue weighted by Gasteiger charge is 2.14. The van der Waals surface area contributed by atoms with Gasteiger partial charge in [-0.15, -0.1) is 11.3 Å². The van der Waals surface area contributed by atoms with Gasteiger partial charge in [-0.05, 0) is 42.8 Å². The van der Waals surface area contributed by atoms with E-state index in [1.165, 1.54) is 10.9 Å². The van der Waals surface area contributed by atoms with Crippen molar-refractivity contribution in [1.29, 1.82) is 0 Å². The Balaban J connectivity index is 1.95. The quantitative estimate of drug-likeness (QED) is 0.623. The standard InChI is InChI=1S/C14H16ClFN2S/c15-10-6-7-12(13(16)9-10)14(18-17)5-1-3-11-4-2-8-19-11/h2,4,6-9,14,18H,1,3,5,17H2. The van der Waals surface area contributed by atoms with E-state index >= 15 is 0 Å². The Morgan fingerprint density at radius 1 is 1.37 bits per heavy atom. The summed E-state index contributed by atoms with van der Waals surface area (Å²) in [7, 11) is 0. The second-order valence-electron chi connectivity index (χ2n) is 4.36. The van der Waals surface area contributed by atoms with Crippen LogP contribution in [0.2, 0.25) is 5.02 Å². The van der Waals surface area contributed by atoms with Crippen molar-refractivity contribution in [2.45, 2.75) is 25.3 Å². The molecule has 0 radical (unpaired) electrons. The van der Waals surface area contributed by atoms with Gasteiger partial charge >= 0.3 is 0 Å². The zero-order valence-electron chi connectivity index (χ0n) is 10.4. The molecule has 2 aromatic rings. The third-order valence-corrected chi connectivity index (χ3v) is 4.21. The Hall–Kier alpha value is -0.940. The molecule has 0 spiro atoms. The smallest absolute Gasteiger partial charge is 0.129 e. The molecule has 19 heavy (non-hydrogen) atoms. The molecule has 1 atom stereocenters. The van der Waals surface area contributed by atoms with E-state index in [9.17, 15) is 4.39 Å². The number of hydrazine groups is 1. The predicted octanol–water partition coefficient (Wildman–Crippen LogP) is 4.07. The molecule has 0 aliphatic carbocycles. The number of nitrogens with one attached hydrogen (secondary N) is 1. The van der Waals surface area contributed by atoms with Gasteiger partial charge in [0, 0.05) is 21.5 Å². The first-order valence-corrected chi connectivity index (χ1v) is 7.40. The number of halogens is 2. The minimum atomic E-state index is -0.313. The molecule has 0 amide bonds. The van der Waals surface area contributed by atoms with Crippen molar-refractivity contribution in [1.82, 2.24) is 5.43 Å². The zero-order chi connectivity index (χ0) is 13.7. The highest BCUT2D eigenvalue weighted by Crippen LogP contribution is 2.24. The maximum absolute atomic E-state index is 13.8. The van der Waals surface area contributed by atoms with Crippen LogP contribution in [0.5, 0.6) is 0 Å². The summed E-state index contributed by atoms with van der Waals surface area (Å²) in [6.07, 6.45) is 2.73. The average Bonchev–Trinajstić information content (AvgIpc) is 2.89. The molecule has 0 aliphatic heterocycles. The van der Waals surface area contributed by atoms with Crippen LogP contribution in [0.3, 0.4) is 0 Å². The lowest BCUT2D eigenvalue weighted by Gasteiger charge is -2.17. The fraction of sp³-hybridized carbons (Fsp3) is 0.286. The molecule has 1 aromatic heterocycles. The van der Waals surface area contributed by atoms with Crippen LogP contribution in [-0.2, 0) is 6.42 Å². The second-order valence-corrected chi connectivity index (χ2v) is 5.83. The number of hydrogen-bond donors (Lipinski definition) is 2. The van der Waals surface area contributed by atoms with Crippen molar-refractivity contribution in [3.8, 4) is 0 Å². The molecule has 1 aromatic carbocycles. The molecule has 2 rings (SSSR count). The molecule has 102 valence electrons. The van der Waals surface area contributed by atoms with Gasteiger partial charge in [-0.2, -0.15) is 0 Å². The normalized spacial score (nSPS) is 12.6. The minimum absolute atomic E-state index is 0.183. The van der Waals surface area contributed by atoms with Crippen molar-refractivity contribution in [2.24, 2.45) is 5.84 Å². The maximum atomic E-state index is 13.8. The fourth-order valence-corrected chi connectivity index (χ4v) is 2.96. The minimum Gasteiger partial charge on any atom is -0.271 e. The summed E-state index contributed by atoms with van der Waals surface area (Å²) in [6, 6.07) is 8.66. The molecule has 1 unspecified atom stereocenters. The molecule has 0 fully saturated rings. The summed E-state index contributed by atoms with van der Waals surface area (Å²) in [5.41, 5.74) is 3.25. The van der Waals surface area contributed by atoms with Crippen LogP contribution in [0.15, 0.2) is 35.7 Å². The van der Waals surface area contributed by atoms with Gasteiger partial charge in [-0.1, -0.05) is 23.7 Å². The third-order valence-electron chi connectivity index (χ3n) is 3.04. The van der Waals surface area contributed by atoms with Crippen molar-refractivity contribution in [3.63, 3.8) is 0 Å². The number of rotatable bonds is 6. The molecule has 1 heterocycles. The molecule has 0 aliphatic rings. The van der Waals surface area contributed by atoms with E-state index in [0.29, 0.717) is 10.6 Å². The molecule has 0 bridgehead atoms. The Labute approximate surface area is 121 Å². The lowest BCUT2D eigenvalue weighted by Crippen LogP contribution is -2.28. The lowest BCUT2D eigenvalue weighted by molar-refractivity contribution is 0.473. The van der Waals surface area contributed by atoms with E-state index < -0.39 is 0 Å². The van der Waals surface area contributed by atoms with Crippen LogP contribution in [0.25, 0.3) is 0 Å². The molecule has 0 saturated carbocycles. The SMILES string of the molecule is NNC(CCCc1cccs1)c1ccc(Cl)cc1F. The first kappa shape index (κ1) is 14.5. The van der Waals surface area contributed by atoms with E-state index in [0.717, 1.165) is 19.3 Å². The summed E-state index contributed by atoms with van der Waals surface area (Å²) in [4.78, 5) is 1.34. The molecule has 5 heteroatoms. The van der Waals surface area contributed by atoms with Gasteiger partial charge in [0.05, 0.1) is 0 Å². The van der Waals surface area contributed by atoms with Gasteiger partial charge in [0.15, 0.2) is 0 Å². The Morgan fingerprint density at radius 3 is 2.84 bits per heavy atom. The lowest BCUT2D eigenvalue weighted by atomic mass is 10.0. The van der Waals surface area contributed by atoms with Crippen LogP contribution in [0, 0.1) is 5.82 Å². The zero-order valence-corrected chi connectivity index (χ0v) is 12.0. The Morgan fingerprint density at radius 2 is 2.21 bits per heavy atom. The highest BCUT2D eigenvalue weighted by atomic mass is 35.5. The van der Waals surface area contributed by atoms with Crippen molar-refractivity contribution >= 4 is 22.9 Å². The Bertz CT molecular complexity index is 516. The van der Waals surface area contributed by atoms with Crippen LogP contribution < -0.4 is 11.3 Å². The highest BCUT2D eigenvalue weighted by molar-refractivity contribution is 7.09. The molecule has 2 nitrogen and oxygen atoms in total. The third kappa shape index (κ3) is 4.01. The van der Waals surface area contributed by atoms with Gasteiger partial charge in [-0.3, -0.25) is 11.3 Å². The van der Waals surface area contributed by atoms with Gasteiger partial charge < -0.3 is 0 Å². The first-order chi connectivity index (χ1) is 9.20. The summed E-state index contributed by atoms with van der Waals surface area (Å²) < 4.78 is 13.8. The largest absolute Gasteiger partial charge is 0.271 e.